The Kier molecular flexibility index (Phi) is 4.88. The molecule has 0 aromatic heterocycles. The van der Waals surface area contributed by atoms with Crippen molar-refractivity contribution in [3.8, 4) is 0 Å². The molecule has 88 valence electrons. The maximum Gasteiger partial charge on any atom is 0.317 e. The summed E-state index contributed by atoms with van der Waals surface area (Å²) in [4.78, 5) is 15.7. The smallest absolute Gasteiger partial charge is 0.317 e. The van der Waals surface area contributed by atoms with Gasteiger partial charge in [-0.3, -0.25) is 0 Å². The highest BCUT2D eigenvalue weighted by Gasteiger charge is 2.16. The number of hydrogen-bond donors (Lipinski definition) is 1. The molecule has 4 heteroatoms. The molecule has 1 N–H and O–H groups in total. The molecular formula is C11H23N3O. The van der Waals surface area contributed by atoms with Crippen LogP contribution in [0.15, 0.2) is 0 Å². The standard InChI is InChI=1S/C11H23N3O/c1-4-13(3)11(15)12-10(2)9-14-7-5-6-8-14/h10H,4-9H2,1-3H3,(H,12,15). The number of nitrogens with one attached hydrogen (secondary N) is 1. The lowest BCUT2D eigenvalue weighted by Crippen LogP contribution is -2.46. The third-order valence-corrected chi connectivity index (χ3v) is 2.92. The minimum Gasteiger partial charge on any atom is -0.334 e. The Bertz CT molecular complexity index is 202. The second-order valence-electron chi connectivity index (χ2n) is 4.37. The Labute approximate surface area is 92.6 Å². The van der Waals surface area contributed by atoms with Gasteiger partial charge >= 0.3 is 6.03 Å². The number of carbonyl (C=O) groups excluding carboxylic acids is 1. The van der Waals surface area contributed by atoms with Gasteiger partial charge in [0.1, 0.15) is 0 Å². The van der Waals surface area contributed by atoms with Gasteiger partial charge in [0, 0.05) is 26.2 Å². The molecule has 0 aromatic carbocycles. The fourth-order valence-electron chi connectivity index (χ4n) is 1.86. The molecule has 15 heavy (non-hydrogen) atoms. The highest BCUT2D eigenvalue weighted by Crippen LogP contribution is 2.07. The molecule has 0 aromatic rings. The molecule has 1 aliphatic rings. The van der Waals surface area contributed by atoms with Crippen LogP contribution in [0.5, 0.6) is 0 Å². The summed E-state index contributed by atoms with van der Waals surface area (Å²) < 4.78 is 0. The quantitative estimate of drug-likeness (QED) is 0.760. The van der Waals surface area contributed by atoms with E-state index in [1.54, 1.807) is 4.90 Å². The zero-order chi connectivity index (χ0) is 11.3. The van der Waals surface area contributed by atoms with Gasteiger partial charge in [-0.05, 0) is 39.8 Å². The van der Waals surface area contributed by atoms with Gasteiger partial charge in [0.2, 0.25) is 0 Å². The normalized spacial score (nSPS) is 18.9. The summed E-state index contributed by atoms with van der Waals surface area (Å²) in [5, 5.41) is 3.00. The molecule has 1 fully saturated rings. The van der Waals surface area contributed by atoms with Gasteiger partial charge in [0.15, 0.2) is 0 Å². The van der Waals surface area contributed by atoms with Crippen molar-refractivity contribution in [3.63, 3.8) is 0 Å². The lowest BCUT2D eigenvalue weighted by molar-refractivity contribution is 0.202. The third kappa shape index (κ3) is 4.08. The van der Waals surface area contributed by atoms with Crippen LogP contribution in [0.25, 0.3) is 0 Å². The first-order valence-electron chi connectivity index (χ1n) is 5.87. The van der Waals surface area contributed by atoms with E-state index in [1.807, 2.05) is 14.0 Å². The van der Waals surface area contributed by atoms with Crippen molar-refractivity contribution < 1.29 is 4.79 Å². The fourth-order valence-corrected chi connectivity index (χ4v) is 1.86. The summed E-state index contributed by atoms with van der Waals surface area (Å²) in [7, 11) is 1.82. The Morgan fingerprint density at radius 2 is 2.07 bits per heavy atom. The number of amides is 2. The average molecular weight is 213 g/mol. The molecular weight excluding hydrogens is 190 g/mol. The first-order chi connectivity index (χ1) is 7.13. The maximum atomic E-state index is 11.6. The third-order valence-electron chi connectivity index (χ3n) is 2.92. The molecule has 0 spiro atoms. The summed E-state index contributed by atoms with van der Waals surface area (Å²) in [6.45, 7) is 8.14. The van der Waals surface area contributed by atoms with Crippen LogP contribution in [-0.2, 0) is 0 Å². The SMILES string of the molecule is CCN(C)C(=O)NC(C)CN1CCCC1. The van der Waals surface area contributed by atoms with Crippen molar-refractivity contribution >= 4 is 6.03 Å². The van der Waals surface area contributed by atoms with Crippen molar-refractivity contribution in [2.45, 2.75) is 32.7 Å². The molecule has 0 bridgehead atoms. The predicted octanol–water partition coefficient (Wildman–Crippen LogP) is 1.13. The lowest BCUT2D eigenvalue weighted by atomic mass is 10.3. The molecule has 1 aliphatic heterocycles. The molecule has 4 nitrogen and oxygen atoms in total. The lowest BCUT2D eigenvalue weighted by Gasteiger charge is -2.23. The van der Waals surface area contributed by atoms with Gasteiger partial charge in [-0.15, -0.1) is 0 Å². The highest BCUT2D eigenvalue weighted by molar-refractivity contribution is 5.74. The molecule has 1 heterocycles. The van der Waals surface area contributed by atoms with Gasteiger partial charge in [-0.25, -0.2) is 4.79 Å². The number of urea groups is 1. The number of nitrogens with zero attached hydrogens (tertiary/aromatic N) is 2. The van der Waals surface area contributed by atoms with Crippen molar-refractivity contribution in [2.75, 3.05) is 33.2 Å². The van der Waals surface area contributed by atoms with Crippen LogP contribution < -0.4 is 5.32 Å². The molecule has 2 amide bonds. The summed E-state index contributed by atoms with van der Waals surface area (Å²) in [5.74, 6) is 0. The summed E-state index contributed by atoms with van der Waals surface area (Å²) in [6, 6.07) is 0.272. The van der Waals surface area contributed by atoms with E-state index in [-0.39, 0.29) is 12.1 Å². The minimum absolute atomic E-state index is 0.0317. The van der Waals surface area contributed by atoms with Crippen LogP contribution in [0.2, 0.25) is 0 Å². The molecule has 1 saturated heterocycles. The van der Waals surface area contributed by atoms with Gasteiger partial charge < -0.3 is 15.1 Å². The Hall–Kier alpha value is -0.770. The first kappa shape index (κ1) is 12.3. The average Bonchev–Trinajstić information content (AvgIpc) is 2.68. The van der Waals surface area contributed by atoms with E-state index in [9.17, 15) is 4.79 Å². The first-order valence-corrected chi connectivity index (χ1v) is 5.87. The van der Waals surface area contributed by atoms with Crippen LogP contribution in [0.4, 0.5) is 4.79 Å². The van der Waals surface area contributed by atoms with E-state index in [0.717, 1.165) is 13.1 Å². The number of carbonyl (C=O) groups is 1. The molecule has 0 radical (unpaired) electrons. The van der Waals surface area contributed by atoms with Crippen molar-refractivity contribution in [2.24, 2.45) is 0 Å². The van der Waals surface area contributed by atoms with Gasteiger partial charge in [-0.1, -0.05) is 0 Å². The largest absolute Gasteiger partial charge is 0.334 e. The van der Waals surface area contributed by atoms with E-state index in [1.165, 1.54) is 25.9 Å². The Balaban J connectivity index is 2.22. The summed E-state index contributed by atoms with van der Waals surface area (Å²) >= 11 is 0. The van der Waals surface area contributed by atoms with Gasteiger partial charge in [-0.2, -0.15) is 0 Å². The van der Waals surface area contributed by atoms with E-state index >= 15 is 0 Å². The molecule has 0 saturated carbocycles. The van der Waals surface area contributed by atoms with Gasteiger partial charge in [0.25, 0.3) is 0 Å². The van der Waals surface area contributed by atoms with E-state index in [4.69, 9.17) is 0 Å². The summed E-state index contributed by atoms with van der Waals surface area (Å²) in [5.41, 5.74) is 0. The minimum atomic E-state index is 0.0317. The summed E-state index contributed by atoms with van der Waals surface area (Å²) in [6.07, 6.45) is 2.60. The zero-order valence-corrected chi connectivity index (χ0v) is 10.1. The molecule has 1 unspecified atom stereocenters. The van der Waals surface area contributed by atoms with E-state index < -0.39 is 0 Å². The van der Waals surface area contributed by atoms with Crippen LogP contribution in [-0.4, -0.2) is 55.1 Å². The zero-order valence-electron chi connectivity index (χ0n) is 10.1. The van der Waals surface area contributed by atoms with Crippen LogP contribution in [0, 0.1) is 0 Å². The number of likely N-dealkylation sites (tertiary alicyclic amines) is 1. The molecule has 1 rings (SSSR count). The van der Waals surface area contributed by atoms with Crippen molar-refractivity contribution in [1.29, 1.82) is 0 Å². The van der Waals surface area contributed by atoms with E-state index in [0.29, 0.717) is 0 Å². The number of rotatable bonds is 4. The van der Waals surface area contributed by atoms with Crippen LogP contribution in [0.1, 0.15) is 26.7 Å². The van der Waals surface area contributed by atoms with Gasteiger partial charge in [0.05, 0.1) is 0 Å². The topological polar surface area (TPSA) is 35.6 Å². The highest BCUT2D eigenvalue weighted by atomic mass is 16.2. The molecule has 1 atom stereocenters. The maximum absolute atomic E-state index is 11.6. The second kappa shape index (κ2) is 5.95. The number of hydrogen-bond acceptors (Lipinski definition) is 2. The molecule has 0 aliphatic carbocycles. The monoisotopic (exact) mass is 213 g/mol. The van der Waals surface area contributed by atoms with Crippen molar-refractivity contribution in [3.05, 3.63) is 0 Å². The predicted molar refractivity (Wildman–Crippen MR) is 62.0 cm³/mol. The van der Waals surface area contributed by atoms with Crippen LogP contribution in [0.3, 0.4) is 0 Å². The Morgan fingerprint density at radius 1 is 1.47 bits per heavy atom. The van der Waals surface area contributed by atoms with E-state index in [2.05, 4.69) is 17.1 Å². The second-order valence-corrected chi connectivity index (χ2v) is 4.37. The van der Waals surface area contributed by atoms with Crippen molar-refractivity contribution in [1.82, 2.24) is 15.1 Å². The Morgan fingerprint density at radius 3 is 2.60 bits per heavy atom. The fraction of sp³-hybridized carbons (Fsp3) is 0.909. The van der Waals surface area contributed by atoms with Crippen LogP contribution >= 0.6 is 0 Å².